The topological polar surface area (TPSA) is 46.2 Å². The number of amides is 1. The summed E-state index contributed by atoms with van der Waals surface area (Å²) in [5, 5.41) is 4.96. The number of ketones is 1. The molecule has 0 aromatic heterocycles. The zero-order chi connectivity index (χ0) is 17.8. The molecule has 0 aliphatic carbocycles. The maximum atomic E-state index is 12.4. The van der Waals surface area contributed by atoms with Crippen molar-refractivity contribution in [1.29, 1.82) is 0 Å². The maximum absolute atomic E-state index is 12.4. The maximum Gasteiger partial charge on any atom is 0.224 e. The molecule has 3 aromatic rings. The summed E-state index contributed by atoms with van der Waals surface area (Å²) in [4.78, 5) is 24.5. The number of rotatable bonds is 5. The van der Waals surface area contributed by atoms with Crippen molar-refractivity contribution < 1.29 is 9.59 Å². The molecule has 4 heteroatoms. The first-order chi connectivity index (χ1) is 12.0. The van der Waals surface area contributed by atoms with Crippen LogP contribution in [0.5, 0.6) is 0 Å². The van der Waals surface area contributed by atoms with E-state index in [0.717, 1.165) is 20.8 Å². The zero-order valence-corrected chi connectivity index (χ0v) is 15.5. The van der Waals surface area contributed by atoms with Crippen LogP contribution in [0.2, 0.25) is 0 Å². The fourth-order valence-electron chi connectivity index (χ4n) is 2.67. The quantitative estimate of drug-likeness (QED) is 0.578. The Balaban J connectivity index is 1.61. The second-order valence-corrected chi connectivity index (χ2v) is 6.87. The Labute approximate surface area is 155 Å². The molecule has 0 aliphatic rings. The number of hydrogen-bond donors (Lipinski definition) is 1. The molecule has 0 radical (unpaired) electrons. The highest BCUT2D eigenvalue weighted by atomic mass is 79.9. The van der Waals surface area contributed by atoms with E-state index in [1.165, 1.54) is 0 Å². The number of fused-ring (bicyclic) bond motifs is 1. The lowest BCUT2D eigenvalue weighted by Crippen LogP contribution is -2.14. The minimum atomic E-state index is -0.168. The van der Waals surface area contributed by atoms with Gasteiger partial charge in [0, 0.05) is 22.9 Å². The molecule has 0 spiro atoms. The summed E-state index contributed by atoms with van der Waals surface area (Å²) < 4.78 is 0.835. The van der Waals surface area contributed by atoms with Gasteiger partial charge < -0.3 is 5.32 Å². The van der Waals surface area contributed by atoms with Crippen molar-refractivity contribution in [2.45, 2.75) is 19.8 Å². The average Bonchev–Trinajstić information content (AvgIpc) is 2.61. The summed E-state index contributed by atoms with van der Waals surface area (Å²) in [6, 6.07) is 19.3. The van der Waals surface area contributed by atoms with Crippen LogP contribution in [0.4, 0.5) is 5.69 Å². The van der Waals surface area contributed by atoms with Crippen LogP contribution in [0.25, 0.3) is 10.8 Å². The Kier molecular flexibility index (Phi) is 5.29. The van der Waals surface area contributed by atoms with Crippen LogP contribution < -0.4 is 5.32 Å². The van der Waals surface area contributed by atoms with Crippen LogP contribution in [0, 0.1) is 6.92 Å². The number of Topliss-reactive ketones (excluding diaryl/α,β-unsaturated/α-hetero) is 1. The van der Waals surface area contributed by atoms with Gasteiger partial charge in [-0.05, 0) is 57.4 Å². The number of anilines is 1. The van der Waals surface area contributed by atoms with Gasteiger partial charge in [-0.25, -0.2) is 0 Å². The van der Waals surface area contributed by atoms with Crippen molar-refractivity contribution in [3.8, 4) is 0 Å². The molecular formula is C21H18BrNO2. The predicted octanol–water partition coefficient (Wildman–Crippen LogP) is 5.51. The first-order valence-electron chi connectivity index (χ1n) is 8.11. The van der Waals surface area contributed by atoms with Crippen LogP contribution in [-0.2, 0) is 4.79 Å². The first-order valence-corrected chi connectivity index (χ1v) is 8.90. The van der Waals surface area contributed by atoms with Crippen molar-refractivity contribution in [1.82, 2.24) is 0 Å². The molecule has 0 aliphatic heterocycles. The smallest absolute Gasteiger partial charge is 0.224 e. The Morgan fingerprint density at radius 2 is 1.68 bits per heavy atom. The third-order valence-electron chi connectivity index (χ3n) is 4.05. The first kappa shape index (κ1) is 17.4. The molecule has 3 nitrogen and oxygen atoms in total. The van der Waals surface area contributed by atoms with Gasteiger partial charge in [0.05, 0.1) is 5.69 Å². The Hall–Kier alpha value is -2.46. The van der Waals surface area contributed by atoms with Crippen LogP contribution in [-0.4, -0.2) is 11.7 Å². The summed E-state index contributed by atoms with van der Waals surface area (Å²) in [7, 11) is 0. The monoisotopic (exact) mass is 395 g/mol. The third kappa shape index (κ3) is 4.34. The lowest BCUT2D eigenvalue weighted by Gasteiger charge is -2.08. The highest BCUT2D eigenvalue weighted by Crippen LogP contribution is 2.23. The van der Waals surface area contributed by atoms with Gasteiger partial charge in [0.2, 0.25) is 5.91 Å². The van der Waals surface area contributed by atoms with E-state index in [4.69, 9.17) is 0 Å². The van der Waals surface area contributed by atoms with E-state index >= 15 is 0 Å². The summed E-state index contributed by atoms with van der Waals surface area (Å²) in [6.07, 6.45) is 0.347. The molecule has 126 valence electrons. The van der Waals surface area contributed by atoms with Gasteiger partial charge in [-0.2, -0.15) is 0 Å². The molecule has 0 saturated heterocycles. The fraction of sp³-hybridized carbons (Fsp3) is 0.143. The van der Waals surface area contributed by atoms with Crippen molar-refractivity contribution >= 4 is 44.1 Å². The second kappa shape index (κ2) is 7.62. The number of aryl methyl sites for hydroxylation is 1. The minimum Gasteiger partial charge on any atom is -0.325 e. The van der Waals surface area contributed by atoms with Crippen LogP contribution in [0.1, 0.15) is 28.8 Å². The third-order valence-corrected chi connectivity index (χ3v) is 4.71. The van der Waals surface area contributed by atoms with Gasteiger partial charge in [0.25, 0.3) is 0 Å². The lowest BCUT2D eigenvalue weighted by atomic mass is 10.0. The van der Waals surface area contributed by atoms with Crippen molar-refractivity contribution in [2.75, 3.05) is 5.32 Å². The normalized spacial score (nSPS) is 10.6. The zero-order valence-electron chi connectivity index (χ0n) is 13.9. The molecule has 3 rings (SSSR count). The van der Waals surface area contributed by atoms with E-state index in [1.807, 2.05) is 67.6 Å². The number of carbonyl (C=O) groups is 2. The van der Waals surface area contributed by atoms with Crippen LogP contribution in [0.15, 0.2) is 65.1 Å². The van der Waals surface area contributed by atoms with Crippen molar-refractivity contribution in [3.63, 3.8) is 0 Å². The number of carbonyl (C=O) groups excluding carboxylic acids is 2. The highest BCUT2D eigenvalue weighted by Gasteiger charge is 2.11. The van der Waals surface area contributed by atoms with E-state index in [1.54, 1.807) is 0 Å². The van der Waals surface area contributed by atoms with Crippen molar-refractivity contribution in [3.05, 3.63) is 76.3 Å². The largest absolute Gasteiger partial charge is 0.325 e. The molecule has 25 heavy (non-hydrogen) atoms. The summed E-state index contributed by atoms with van der Waals surface area (Å²) >= 11 is 3.43. The number of nitrogens with one attached hydrogen (secondary N) is 1. The van der Waals surface area contributed by atoms with Crippen LogP contribution >= 0.6 is 15.9 Å². The van der Waals surface area contributed by atoms with E-state index in [2.05, 4.69) is 21.2 Å². The van der Waals surface area contributed by atoms with Gasteiger partial charge in [0.15, 0.2) is 5.78 Å². The van der Waals surface area contributed by atoms with Gasteiger partial charge in [-0.1, -0.05) is 42.5 Å². The summed E-state index contributed by atoms with van der Waals surface area (Å²) in [6.45, 7) is 1.98. The molecule has 0 saturated carbocycles. The molecule has 0 atom stereocenters. The fourth-order valence-corrected chi connectivity index (χ4v) is 3.26. The van der Waals surface area contributed by atoms with E-state index in [9.17, 15) is 9.59 Å². The standard InChI is InChI=1S/C21H18BrNO2/c1-14-6-9-19(18(22)12-14)23-21(25)11-10-20(24)17-8-7-15-4-2-3-5-16(15)13-17/h2-9,12-13H,10-11H2,1H3,(H,23,25). The van der Waals surface area contributed by atoms with E-state index in [0.29, 0.717) is 11.3 Å². The van der Waals surface area contributed by atoms with E-state index < -0.39 is 0 Å². The number of benzene rings is 3. The average molecular weight is 396 g/mol. The highest BCUT2D eigenvalue weighted by molar-refractivity contribution is 9.10. The lowest BCUT2D eigenvalue weighted by molar-refractivity contribution is -0.116. The Morgan fingerprint density at radius 3 is 2.44 bits per heavy atom. The number of hydrogen-bond acceptors (Lipinski definition) is 2. The van der Waals surface area contributed by atoms with Gasteiger partial charge in [0.1, 0.15) is 0 Å². The van der Waals surface area contributed by atoms with Crippen molar-refractivity contribution in [2.24, 2.45) is 0 Å². The Morgan fingerprint density at radius 1 is 0.920 bits per heavy atom. The molecular weight excluding hydrogens is 378 g/mol. The SMILES string of the molecule is Cc1ccc(NC(=O)CCC(=O)c2ccc3ccccc3c2)c(Br)c1. The molecule has 0 bridgehead atoms. The molecule has 1 amide bonds. The predicted molar refractivity (Wildman–Crippen MR) is 105 cm³/mol. The molecule has 0 heterocycles. The van der Waals surface area contributed by atoms with E-state index in [-0.39, 0.29) is 24.5 Å². The molecule has 1 N–H and O–H groups in total. The summed E-state index contributed by atoms with van der Waals surface area (Å²) in [5.41, 5.74) is 2.47. The second-order valence-electron chi connectivity index (χ2n) is 6.02. The Bertz CT molecular complexity index is 950. The molecule has 3 aromatic carbocycles. The van der Waals surface area contributed by atoms with Gasteiger partial charge in [-0.15, -0.1) is 0 Å². The number of halogens is 1. The molecule has 0 unspecified atom stereocenters. The molecule has 0 fully saturated rings. The van der Waals surface area contributed by atoms with Gasteiger partial charge >= 0.3 is 0 Å². The minimum absolute atomic E-state index is 0.0242. The van der Waals surface area contributed by atoms with Gasteiger partial charge in [-0.3, -0.25) is 9.59 Å². The summed E-state index contributed by atoms with van der Waals surface area (Å²) in [5.74, 6) is -0.192. The van der Waals surface area contributed by atoms with Crippen LogP contribution in [0.3, 0.4) is 0 Å².